The summed E-state index contributed by atoms with van der Waals surface area (Å²) in [5.74, 6) is 0.141. The summed E-state index contributed by atoms with van der Waals surface area (Å²) in [4.78, 5) is 3.54. The molecule has 154 valence electrons. The lowest BCUT2D eigenvalue weighted by Gasteiger charge is -2.21. The summed E-state index contributed by atoms with van der Waals surface area (Å²) < 4.78 is 35.9. The molecule has 4 nitrogen and oxygen atoms in total. The van der Waals surface area contributed by atoms with Crippen LogP contribution in [0.3, 0.4) is 0 Å². The first-order chi connectivity index (χ1) is 14.3. The maximum atomic E-state index is 13.4. The molecule has 2 N–H and O–H groups in total. The van der Waals surface area contributed by atoms with Crippen LogP contribution in [0.2, 0.25) is 0 Å². The van der Waals surface area contributed by atoms with E-state index in [1.165, 1.54) is 23.9 Å². The predicted octanol–water partition coefficient (Wildman–Crippen LogP) is 6.20. The average molecular weight is 408 g/mol. The van der Waals surface area contributed by atoms with Gasteiger partial charge in [0, 0.05) is 38.8 Å². The number of aromatic nitrogens is 1. The van der Waals surface area contributed by atoms with E-state index < -0.39 is 6.29 Å². The van der Waals surface area contributed by atoms with Gasteiger partial charge in [0.25, 0.3) is 0 Å². The first-order valence-corrected chi connectivity index (χ1v) is 10.3. The van der Waals surface area contributed by atoms with E-state index in [9.17, 15) is 8.78 Å². The molecule has 3 aliphatic rings. The number of anilines is 1. The predicted molar refractivity (Wildman–Crippen MR) is 111 cm³/mol. The van der Waals surface area contributed by atoms with Gasteiger partial charge < -0.3 is 19.8 Å². The number of hydrogen-bond acceptors (Lipinski definition) is 3. The van der Waals surface area contributed by atoms with Gasteiger partial charge >= 0.3 is 6.29 Å². The number of ether oxygens (including phenoxy) is 2. The quantitative estimate of drug-likeness (QED) is 0.528. The molecule has 1 aromatic heterocycles. The molecule has 2 aliphatic carbocycles. The third kappa shape index (κ3) is 2.70. The van der Waals surface area contributed by atoms with Gasteiger partial charge in [-0.15, -0.1) is 8.78 Å². The number of aromatic amines is 1. The summed E-state index contributed by atoms with van der Waals surface area (Å²) in [6.07, 6.45) is 0.667. The van der Waals surface area contributed by atoms with Crippen molar-refractivity contribution in [1.29, 1.82) is 0 Å². The van der Waals surface area contributed by atoms with Gasteiger partial charge in [0.05, 0.1) is 0 Å². The highest BCUT2D eigenvalue weighted by Crippen LogP contribution is 2.55. The van der Waals surface area contributed by atoms with E-state index in [2.05, 4.69) is 51.5 Å². The summed E-state index contributed by atoms with van der Waals surface area (Å²) in [6, 6.07) is 13.5. The summed E-state index contributed by atoms with van der Waals surface area (Å²) in [5, 5.41) is 4.63. The lowest BCUT2D eigenvalue weighted by atomic mass is 9.92. The zero-order chi connectivity index (χ0) is 20.7. The van der Waals surface area contributed by atoms with E-state index in [1.807, 2.05) is 12.1 Å². The van der Waals surface area contributed by atoms with Crippen molar-refractivity contribution in [3.8, 4) is 11.5 Å². The third-order valence-corrected chi connectivity index (χ3v) is 6.85. The van der Waals surface area contributed by atoms with Gasteiger partial charge in [0.2, 0.25) is 0 Å². The molecule has 0 spiro atoms. The van der Waals surface area contributed by atoms with E-state index in [1.54, 1.807) is 12.1 Å². The second-order valence-corrected chi connectivity index (χ2v) is 9.06. The molecular weight excluding hydrogens is 386 g/mol. The van der Waals surface area contributed by atoms with E-state index >= 15 is 0 Å². The highest BCUT2D eigenvalue weighted by Gasteiger charge is 2.49. The Morgan fingerprint density at radius 2 is 1.77 bits per heavy atom. The van der Waals surface area contributed by atoms with Crippen molar-refractivity contribution in [2.24, 2.45) is 0 Å². The molecule has 6 heteroatoms. The van der Waals surface area contributed by atoms with Gasteiger partial charge in [-0.1, -0.05) is 19.6 Å². The Morgan fingerprint density at radius 3 is 2.50 bits per heavy atom. The van der Waals surface area contributed by atoms with Gasteiger partial charge in [0.15, 0.2) is 11.5 Å². The van der Waals surface area contributed by atoms with E-state index in [4.69, 9.17) is 0 Å². The molecule has 0 radical (unpaired) electrons. The Bertz CT molecular complexity index is 1210. The number of alkyl halides is 2. The Balaban J connectivity index is 1.25. The van der Waals surface area contributed by atoms with Crippen LogP contribution in [-0.4, -0.2) is 11.3 Å². The highest BCUT2D eigenvalue weighted by atomic mass is 19.3. The third-order valence-electron chi connectivity index (χ3n) is 6.85. The van der Waals surface area contributed by atoms with Crippen LogP contribution in [0, 0.1) is 0 Å². The zero-order valence-electron chi connectivity index (χ0n) is 16.6. The van der Waals surface area contributed by atoms with Crippen LogP contribution in [0.5, 0.6) is 11.5 Å². The van der Waals surface area contributed by atoms with Crippen LogP contribution in [0.4, 0.5) is 14.5 Å². The number of fused-ring (bicyclic) bond motifs is 2. The van der Waals surface area contributed by atoms with Crippen molar-refractivity contribution >= 4 is 16.6 Å². The molecule has 2 saturated carbocycles. The van der Waals surface area contributed by atoms with Crippen molar-refractivity contribution in [1.82, 2.24) is 4.98 Å². The largest absolute Gasteiger partial charge is 0.586 e. The van der Waals surface area contributed by atoms with Crippen molar-refractivity contribution < 1.29 is 18.3 Å². The number of H-pyrrole nitrogens is 1. The molecule has 3 aromatic rings. The lowest BCUT2D eigenvalue weighted by Crippen LogP contribution is -2.26. The van der Waals surface area contributed by atoms with Crippen LogP contribution in [0.15, 0.2) is 54.7 Å². The SMILES string of the molecule is C=C(Nc1ccc2[nH]c(C3(C)CC3)cc2c1)C1(c2ccc3c(c2)OC(F)(F)O3)CC1. The molecule has 0 bridgehead atoms. The first-order valence-electron chi connectivity index (χ1n) is 10.3. The smallest absolute Gasteiger partial charge is 0.395 e. The summed E-state index contributed by atoms with van der Waals surface area (Å²) in [7, 11) is 0. The Morgan fingerprint density at radius 1 is 1.00 bits per heavy atom. The molecule has 2 fully saturated rings. The topological polar surface area (TPSA) is 46.3 Å². The molecule has 0 saturated heterocycles. The van der Waals surface area contributed by atoms with Gasteiger partial charge in [-0.2, -0.15) is 0 Å². The van der Waals surface area contributed by atoms with E-state index in [0.29, 0.717) is 5.41 Å². The van der Waals surface area contributed by atoms with Crippen molar-refractivity contribution in [2.75, 3.05) is 5.32 Å². The average Bonchev–Trinajstić information content (AvgIpc) is 3.58. The van der Waals surface area contributed by atoms with Crippen molar-refractivity contribution in [3.05, 3.63) is 66.0 Å². The summed E-state index contributed by atoms with van der Waals surface area (Å²) >= 11 is 0. The number of nitrogens with one attached hydrogen (secondary N) is 2. The molecule has 30 heavy (non-hydrogen) atoms. The first kappa shape index (κ1) is 17.8. The standard InChI is InChI=1S/C24H22F2N2O2/c1-14(23(9-10-23)16-3-6-19-20(13-16)30-24(25,26)29-19)27-17-4-5-18-15(11-17)12-21(28-18)22(2)7-8-22/h3-6,11-13,27-28H,1,7-10H2,2H3. The van der Waals surface area contributed by atoms with Crippen molar-refractivity contribution in [2.45, 2.75) is 49.7 Å². The van der Waals surface area contributed by atoms with Crippen LogP contribution in [0.1, 0.15) is 43.9 Å². The van der Waals surface area contributed by atoms with Crippen LogP contribution < -0.4 is 14.8 Å². The molecule has 0 atom stereocenters. The van der Waals surface area contributed by atoms with Gasteiger partial charge in [-0.05, 0) is 67.6 Å². The van der Waals surface area contributed by atoms with Gasteiger partial charge in [-0.25, -0.2) is 0 Å². The second kappa shape index (κ2) is 5.56. The van der Waals surface area contributed by atoms with Crippen molar-refractivity contribution in [3.63, 3.8) is 0 Å². The molecule has 0 amide bonds. The fourth-order valence-electron chi connectivity index (χ4n) is 4.42. The van der Waals surface area contributed by atoms with Crippen LogP contribution in [0.25, 0.3) is 10.9 Å². The molecule has 2 heterocycles. The lowest BCUT2D eigenvalue weighted by molar-refractivity contribution is -0.286. The Hall–Kier alpha value is -3.02. The van der Waals surface area contributed by atoms with Gasteiger partial charge in [-0.3, -0.25) is 0 Å². The monoisotopic (exact) mass is 408 g/mol. The molecule has 2 aromatic carbocycles. The molecule has 1 aliphatic heterocycles. The fourth-order valence-corrected chi connectivity index (χ4v) is 4.42. The minimum absolute atomic E-state index is 0.0659. The minimum Gasteiger partial charge on any atom is -0.395 e. The summed E-state index contributed by atoms with van der Waals surface area (Å²) in [5.41, 5.74) is 5.18. The highest BCUT2D eigenvalue weighted by molar-refractivity contribution is 5.85. The van der Waals surface area contributed by atoms with E-state index in [0.717, 1.165) is 35.3 Å². The number of allylic oxidation sites excluding steroid dienone is 1. The molecular formula is C24H22F2N2O2. The maximum absolute atomic E-state index is 13.4. The number of rotatable bonds is 5. The normalized spacial score (nSPS) is 21.4. The number of benzene rings is 2. The Labute approximate surface area is 172 Å². The van der Waals surface area contributed by atoms with E-state index in [-0.39, 0.29) is 16.9 Å². The molecule has 6 rings (SSSR count). The zero-order valence-corrected chi connectivity index (χ0v) is 16.6. The number of hydrogen-bond donors (Lipinski definition) is 2. The maximum Gasteiger partial charge on any atom is 0.586 e. The fraction of sp³-hybridized carbons (Fsp3) is 0.333. The second-order valence-electron chi connectivity index (χ2n) is 9.06. The van der Waals surface area contributed by atoms with Crippen LogP contribution >= 0.6 is 0 Å². The van der Waals surface area contributed by atoms with Crippen LogP contribution in [-0.2, 0) is 10.8 Å². The molecule has 0 unspecified atom stereocenters. The van der Waals surface area contributed by atoms with Gasteiger partial charge in [0.1, 0.15) is 0 Å². The number of halogens is 2. The Kier molecular flexibility index (Phi) is 3.30. The summed E-state index contributed by atoms with van der Waals surface area (Å²) in [6.45, 7) is 6.57. The minimum atomic E-state index is -3.60.